The van der Waals surface area contributed by atoms with Crippen molar-refractivity contribution < 1.29 is 9.18 Å². The van der Waals surface area contributed by atoms with Gasteiger partial charge in [-0.05, 0) is 72.1 Å². The number of fused-ring (bicyclic) bond motifs is 2. The summed E-state index contributed by atoms with van der Waals surface area (Å²) >= 11 is 0. The molecule has 0 aliphatic carbocycles. The van der Waals surface area contributed by atoms with Crippen LogP contribution >= 0.6 is 0 Å². The molecule has 4 heterocycles. The lowest BCUT2D eigenvalue weighted by Gasteiger charge is -2.07. The van der Waals surface area contributed by atoms with E-state index in [1.807, 2.05) is 67.6 Å². The van der Waals surface area contributed by atoms with E-state index >= 15 is 0 Å². The van der Waals surface area contributed by atoms with E-state index in [1.165, 1.54) is 6.07 Å². The van der Waals surface area contributed by atoms with Gasteiger partial charge in [-0.25, -0.2) is 9.37 Å². The Hall–Kier alpha value is -5.63. The maximum absolute atomic E-state index is 14.2. The van der Waals surface area contributed by atoms with Crippen LogP contribution in [0.15, 0.2) is 104 Å². The molecule has 0 bridgehead atoms. The summed E-state index contributed by atoms with van der Waals surface area (Å²) in [6.07, 6.45) is 5.10. The van der Waals surface area contributed by atoms with Crippen molar-refractivity contribution in [3.63, 3.8) is 0 Å². The molecule has 41 heavy (non-hydrogen) atoms. The quantitative estimate of drug-likeness (QED) is 0.211. The predicted octanol–water partition coefficient (Wildman–Crippen LogP) is 7.54. The molecule has 3 N–H and O–H groups in total. The zero-order valence-corrected chi connectivity index (χ0v) is 21.9. The average molecular weight is 539 g/mol. The van der Waals surface area contributed by atoms with Crippen molar-refractivity contribution in [1.82, 2.24) is 25.1 Å². The number of aryl methyl sites for hydroxylation is 1. The second kappa shape index (κ2) is 9.84. The molecule has 0 fully saturated rings. The largest absolute Gasteiger partial charge is 0.353 e. The Labute approximate surface area is 234 Å². The summed E-state index contributed by atoms with van der Waals surface area (Å²) in [5.41, 5.74) is 8.50. The second-order valence-corrected chi connectivity index (χ2v) is 9.94. The number of anilines is 1. The highest BCUT2D eigenvalue weighted by atomic mass is 19.1. The standard InChI is InChI=1S/C33H23FN6O/c1-19-10-21(12-24(34)11-19)26-8-5-9-29-27(26)15-30(38-29)31-28-14-23(17-36-32(28)40-39-31)22-13-25(18-35-16-22)37-33(41)20-6-3-2-4-7-20/h2-18,38H,1H3,(H,37,41)(H,36,39,40). The van der Waals surface area contributed by atoms with Crippen molar-refractivity contribution in [2.45, 2.75) is 6.92 Å². The Morgan fingerprint density at radius 1 is 0.829 bits per heavy atom. The molecule has 198 valence electrons. The minimum Gasteiger partial charge on any atom is -0.353 e. The van der Waals surface area contributed by atoms with E-state index in [9.17, 15) is 9.18 Å². The second-order valence-electron chi connectivity index (χ2n) is 9.94. The van der Waals surface area contributed by atoms with Gasteiger partial charge in [0.05, 0.1) is 17.6 Å². The number of nitrogens with zero attached hydrogens (tertiary/aromatic N) is 3. The number of nitrogens with one attached hydrogen (secondary N) is 3. The number of carbonyl (C=O) groups is 1. The Kier molecular flexibility index (Phi) is 5.86. The highest BCUT2D eigenvalue weighted by Crippen LogP contribution is 2.35. The number of hydrogen-bond acceptors (Lipinski definition) is 4. The van der Waals surface area contributed by atoms with Gasteiger partial charge in [0.25, 0.3) is 5.91 Å². The molecule has 3 aromatic carbocycles. The van der Waals surface area contributed by atoms with Crippen molar-refractivity contribution in [3.05, 3.63) is 120 Å². The van der Waals surface area contributed by atoms with Gasteiger partial charge < -0.3 is 10.3 Å². The summed E-state index contributed by atoms with van der Waals surface area (Å²) in [5.74, 6) is -0.468. The molecule has 0 aliphatic rings. The lowest BCUT2D eigenvalue weighted by molar-refractivity contribution is 0.102. The van der Waals surface area contributed by atoms with Gasteiger partial charge in [0.1, 0.15) is 11.5 Å². The molecule has 8 heteroatoms. The summed E-state index contributed by atoms with van der Waals surface area (Å²) in [6.45, 7) is 1.89. The van der Waals surface area contributed by atoms with E-state index in [2.05, 4.69) is 30.5 Å². The van der Waals surface area contributed by atoms with Gasteiger partial charge in [-0.3, -0.25) is 14.9 Å². The van der Waals surface area contributed by atoms with Crippen LogP contribution in [-0.4, -0.2) is 31.1 Å². The smallest absolute Gasteiger partial charge is 0.255 e. The number of carbonyl (C=O) groups excluding carboxylic acids is 1. The maximum Gasteiger partial charge on any atom is 0.255 e. The minimum atomic E-state index is -0.261. The summed E-state index contributed by atoms with van der Waals surface area (Å²) < 4.78 is 14.2. The monoisotopic (exact) mass is 538 g/mol. The predicted molar refractivity (Wildman–Crippen MR) is 159 cm³/mol. The van der Waals surface area contributed by atoms with Crippen LogP contribution in [0.5, 0.6) is 0 Å². The number of pyridine rings is 2. The summed E-state index contributed by atoms with van der Waals surface area (Å²) in [7, 11) is 0. The van der Waals surface area contributed by atoms with Gasteiger partial charge in [0.2, 0.25) is 0 Å². The van der Waals surface area contributed by atoms with E-state index in [1.54, 1.807) is 36.8 Å². The molecule has 0 spiro atoms. The first-order valence-corrected chi connectivity index (χ1v) is 13.1. The van der Waals surface area contributed by atoms with Crippen molar-refractivity contribution in [1.29, 1.82) is 0 Å². The number of hydrogen-bond donors (Lipinski definition) is 3. The summed E-state index contributed by atoms with van der Waals surface area (Å²) in [6, 6.07) is 25.9. The number of aromatic amines is 2. The van der Waals surface area contributed by atoms with Crippen molar-refractivity contribution >= 4 is 33.5 Å². The Morgan fingerprint density at radius 3 is 2.54 bits per heavy atom. The molecule has 7 rings (SSSR count). The molecule has 0 radical (unpaired) electrons. The lowest BCUT2D eigenvalue weighted by atomic mass is 9.99. The highest BCUT2D eigenvalue weighted by Gasteiger charge is 2.16. The van der Waals surface area contributed by atoms with Gasteiger partial charge in [-0.15, -0.1) is 0 Å². The van der Waals surface area contributed by atoms with Gasteiger partial charge in [0.15, 0.2) is 5.65 Å². The molecule has 0 aliphatic heterocycles. The molecule has 0 unspecified atom stereocenters. The van der Waals surface area contributed by atoms with Crippen LogP contribution < -0.4 is 5.32 Å². The Balaban J connectivity index is 1.25. The molecule has 7 aromatic rings. The molecule has 1 amide bonds. The molecular formula is C33H23FN6O. The first-order valence-electron chi connectivity index (χ1n) is 13.1. The van der Waals surface area contributed by atoms with E-state index < -0.39 is 0 Å². The number of amides is 1. The lowest BCUT2D eigenvalue weighted by Crippen LogP contribution is -2.11. The average Bonchev–Trinajstić information content (AvgIpc) is 3.61. The third-order valence-corrected chi connectivity index (χ3v) is 7.05. The normalized spacial score (nSPS) is 11.3. The van der Waals surface area contributed by atoms with Crippen LogP contribution in [-0.2, 0) is 0 Å². The summed E-state index contributed by atoms with van der Waals surface area (Å²) in [5, 5.41) is 12.3. The fourth-order valence-electron chi connectivity index (χ4n) is 5.15. The van der Waals surface area contributed by atoms with E-state index in [4.69, 9.17) is 0 Å². The van der Waals surface area contributed by atoms with Gasteiger partial charge >= 0.3 is 0 Å². The third-order valence-electron chi connectivity index (χ3n) is 7.05. The van der Waals surface area contributed by atoms with Crippen molar-refractivity contribution in [3.8, 4) is 33.6 Å². The van der Waals surface area contributed by atoms with Gasteiger partial charge in [-0.2, -0.15) is 5.10 Å². The molecule has 4 aromatic heterocycles. The minimum absolute atomic E-state index is 0.207. The molecule has 0 atom stereocenters. The number of halogens is 1. The third kappa shape index (κ3) is 4.61. The van der Waals surface area contributed by atoms with Crippen LogP contribution in [0.2, 0.25) is 0 Å². The highest BCUT2D eigenvalue weighted by molar-refractivity contribution is 6.04. The van der Waals surface area contributed by atoms with Crippen molar-refractivity contribution in [2.75, 3.05) is 5.32 Å². The number of H-pyrrole nitrogens is 2. The van der Waals surface area contributed by atoms with Crippen LogP contribution in [0.25, 0.3) is 55.6 Å². The van der Waals surface area contributed by atoms with Crippen LogP contribution in [0.1, 0.15) is 15.9 Å². The van der Waals surface area contributed by atoms with Gasteiger partial charge in [-0.1, -0.05) is 36.4 Å². The molecule has 7 nitrogen and oxygen atoms in total. The van der Waals surface area contributed by atoms with Crippen LogP contribution in [0.4, 0.5) is 10.1 Å². The van der Waals surface area contributed by atoms with Crippen LogP contribution in [0, 0.1) is 12.7 Å². The van der Waals surface area contributed by atoms with E-state index in [0.717, 1.165) is 49.8 Å². The van der Waals surface area contributed by atoms with E-state index in [0.29, 0.717) is 22.6 Å². The Bertz CT molecular complexity index is 2060. The van der Waals surface area contributed by atoms with Crippen molar-refractivity contribution in [2.24, 2.45) is 0 Å². The number of benzene rings is 3. The SMILES string of the molecule is Cc1cc(F)cc(-c2cccc3[nH]c(-c4n[nH]c5ncc(-c6cncc(NC(=O)c7ccccc7)c6)cc45)cc23)c1. The van der Waals surface area contributed by atoms with Gasteiger partial charge in [0, 0.05) is 45.4 Å². The first kappa shape index (κ1) is 24.4. The zero-order valence-electron chi connectivity index (χ0n) is 21.9. The number of aromatic nitrogens is 5. The molecule has 0 saturated carbocycles. The fraction of sp³-hybridized carbons (Fsp3) is 0.0303. The topological polar surface area (TPSA) is 99.3 Å². The van der Waals surface area contributed by atoms with E-state index in [-0.39, 0.29) is 11.7 Å². The molecular weight excluding hydrogens is 515 g/mol. The fourth-order valence-corrected chi connectivity index (χ4v) is 5.15. The first-order chi connectivity index (χ1) is 20.0. The van der Waals surface area contributed by atoms with Crippen LogP contribution in [0.3, 0.4) is 0 Å². The zero-order chi connectivity index (χ0) is 27.9. The number of rotatable bonds is 5. The molecule has 0 saturated heterocycles. The maximum atomic E-state index is 14.2. The Morgan fingerprint density at radius 2 is 1.68 bits per heavy atom. The summed E-state index contributed by atoms with van der Waals surface area (Å²) in [4.78, 5) is 25.0.